The second-order valence-corrected chi connectivity index (χ2v) is 11.2. The van der Waals surface area contributed by atoms with Gasteiger partial charge in [-0.05, 0) is 22.9 Å². The van der Waals surface area contributed by atoms with Crippen LogP contribution < -0.4 is 0 Å². The summed E-state index contributed by atoms with van der Waals surface area (Å²) in [6.45, 7) is 0. The van der Waals surface area contributed by atoms with Crippen molar-refractivity contribution in [3.8, 4) is 0 Å². The van der Waals surface area contributed by atoms with E-state index in [1.165, 1.54) is 22.7 Å². The smallest absolute Gasteiger partial charge is 0.349 e. The molecule has 11 heteroatoms. The number of epoxide rings is 1. The van der Waals surface area contributed by atoms with E-state index >= 15 is 0 Å². The van der Waals surface area contributed by atoms with Crippen molar-refractivity contribution in [2.24, 2.45) is 0 Å². The first-order valence-corrected chi connectivity index (χ1v) is 12.7. The lowest BCUT2D eigenvalue weighted by molar-refractivity contribution is -0.938. The molecule has 5 heterocycles. The number of morpholine rings is 1. The molecule has 0 aliphatic carbocycles. The number of carboxylic acid groups (broad SMARTS) is 2. The quantitative estimate of drug-likeness (QED) is 0.294. The summed E-state index contributed by atoms with van der Waals surface area (Å²) in [5.41, 5.74) is -1.72. The molecule has 9 nitrogen and oxygen atoms in total. The Morgan fingerprint density at radius 3 is 1.85 bits per heavy atom. The Hall–Kier alpha value is -2.31. The Kier molecular flexibility index (Phi) is 6.85. The largest absolute Gasteiger partial charge is 0.481 e. The van der Waals surface area contributed by atoms with Crippen LogP contribution in [0.5, 0.6) is 0 Å². The number of aliphatic hydroxyl groups is 1. The number of nitrogens with zero attached hydrogens (tertiary/aromatic N) is 1. The molecule has 0 radical (unpaired) electrons. The summed E-state index contributed by atoms with van der Waals surface area (Å²) in [4.78, 5) is 33.6. The summed E-state index contributed by atoms with van der Waals surface area (Å²) in [6, 6.07) is 8.01. The minimum absolute atomic E-state index is 0.161. The number of ether oxygens (including phenoxy) is 2. The number of piperidine rings is 1. The van der Waals surface area contributed by atoms with Crippen LogP contribution in [0.15, 0.2) is 35.0 Å². The number of quaternary nitrogens is 1. The molecule has 3 saturated heterocycles. The fraction of sp³-hybridized carbons (Fsp3) is 0.522. The van der Waals surface area contributed by atoms with Gasteiger partial charge in [-0.1, -0.05) is 12.1 Å². The van der Waals surface area contributed by atoms with Gasteiger partial charge in [-0.15, -0.1) is 22.7 Å². The summed E-state index contributed by atoms with van der Waals surface area (Å²) in [7, 11) is 4.49. The molecule has 0 amide bonds. The van der Waals surface area contributed by atoms with Gasteiger partial charge in [0.25, 0.3) is 0 Å². The summed E-state index contributed by atoms with van der Waals surface area (Å²) in [5, 5.41) is 30.9. The van der Waals surface area contributed by atoms with Gasteiger partial charge in [0.15, 0.2) is 0 Å². The molecule has 2 aromatic heterocycles. The van der Waals surface area contributed by atoms with Crippen LogP contribution in [0.4, 0.5) is 0 Å². The van der Waals surface area contributed by atoms with Crippen LogP contribution in [0.3, 0.4) is 0 Å². The van der Waals surface area contributed by atoms with E-state index in [2.05, 4.69) is 14.1 Å². The first kappa shape index (κ1) is 24.8. The molecule has 0 aromatic carbocycles. The van der Waals surface area contributed by atoms with E-state index in [9.17, 15) is 19.5 Å². The lowest BCUT2D eigenvalue weighted by atomic mass is 9.95. The van der Waals surface area contributed by atoms with Crippen molar-refractivity contribution in [3.63, 3.8) is 0 Å². The van der Waals surface area contributed by atoms with Crippen LogP contribution in [0.1, 0.15) is 35.4 Å². The number of rotatable bonds is 7. The highest BCUT2D eigenvalue weighted by molar-refractivity contribution is 7.12. The fourth-order valence-electron chi connectivity index (χ4n) is 5.04. The predicted molar refractivity (Wildman–Crippen MR) is 124 cm³/mol. The van der Waals surface area contributed by atoms with Crippen LogP contribution in [0, 0.1) is 0 Å². The number of hydrogen-bond acceptors (Lipinski definition) is 8. The van der Waals surface area contributed by atoms with Crippen LogP contribution >= 0.6 is 22.7 Å². The van der Waals surface area contributed by atoms with E-state index in [-0.39, 0.29) is 18.9 Å². The summed E-state index contributed by atoms with van der Waals surface area (Å²) in [5.74, 6) is -2.71. The first-order chi connectivity index (χ1) is 16.0. The molecule has 5 rings (SSSR count). The molecule has 184 valence electrons. The standard InChI is InChI=1S/C19H22NO4S2.C4H6O4/c1-20(2)12-9-11(10-13(20)17-16(12)24-17)23-18(21)19(22,14-5-3-7-25-14)15-6-4-8-26-15;5-3(6)1-2-4(7)8/h3-8,11-13,16-17,22H,9-10H2,1-2H3;1-2H2,(H,5,6)(H,7,8)/q+1;. The number of esters is 1. The first-order valence-electron chi connectivity index (χ1n) is 11.0. The van der Waals surface area contributed by atoms with Gasteiger partial charge in [-0.2, -0.15) is 0 Å². The van der Waals surface area contributed by atoms with Crippen molar-refractivity contribution in [1.29, 1.82) is 0 Å². The number of thiophene rings is 2. The molecule has 4 atom stereocenters. The average molecular weight is 511 g/mol. The van der Waals surface area contributed by atoms with Gasteiger partial charge in [0.1, 0.15) is 30.4 Å². The second kappa shape index (κ2) is 9.38. The predicted octanol–water partition coefficient (Wildman–Crippen LogP) is 2.28. The fourth-order valence-corrected chi connectivity index (χ4v) is 6.76. The molecule has 3 fully saturated rings. The number of hydrogen-bond donors (Lipinski definition) is 3. The third-order valence-corrected chi connectivity index (χ3v) is 8.87. The summed E-state index contributed by atoms with van der Waals surface area (Å²) in [6.07, 6.45) is 1.46. The van der Waals surface area contributed by atoms with Crippen molar-refractivity contribution in [1.82, 2.24) is 0 Å². The molecule has 4 unspecified atom stereocenters. The zero-order valence-corrected chi connectivity index (χ0v) is 20.5. The van der Waals surface area contributed by atoms with Crippen LogP contribution in [-0.2, 0) is 29.5 Å². The summed E-state index contributed by atoms with van der Waals surface area (Å²) >= 11 is 2.74. The van der Waals surface area contributed by atoms with E-state index in [1.54, 1.807) is 12.1 Å². The molecule has 2 bridgehead atoms. The Bertz CT molecular complexity index is 967. The zero-order valence-electron chi connectivity index (χ0n) is 18.8. The van der Waals surface area contributed by atoms with Gasteiger partial charge < -0.3 is 29.3 Å². The zero-order chi connectivity index (χ0) is 24.7. The van der Waals surface area contributed by atoms with Gasteiger partial charge in [0, 0.05) is 12.8 Å². The molecule has 3 aliphatic heterocycles. The number of carbonyl (C=O) groups excluding carboxylic acids is 1. The van der Waals surface area contributed by atoms with Crippen molar-refractivity contribution >= 4 is 40.6 Å². The third-order valence-electron chi connectivity index (χ3n) is 6.92. The molecule has 3 aliphatic rings. The van der Waals surface area contributed by atoms with Crippen LogP contribution in [-0.4, -0.2) is 82.2 Å². The van der Waals surface area contributed by atoms with Crippen LogP contribution in [0.25, 0.3) is 0 Å². The minimum atomic E-state index is -1.72. The maximum atomic E-state index is 13.1. The number of carboxylic acids is 2. The van der Waals surface area contributed by atoms with Crippen molar-refractivity contribution < 1.29 is 43.7 Å². The number of carbonyl (C=O) groups is 3. The van der Waals surface area contributed by atoms with E-state index in [0.29, 0.717) is 34.0 Å². The van der Waals surface area contributed by atoms with Gasteiger partial charge in [0.2, 0.25) is 5.60 Å². The summed E-state index contributed by atoms with van der Waals surface area (Å²) < 4.78 is 12.6. The van der Waals surface area contributed by atoms with Crippen molar-refractivity contribution in [3.05, 3.63) is 44.8 Å². The van der Waals surface area contributed by atoms with Gasteiger partial charge >= 0.3 is 17.9 Å². The SMILES string of the molecule is C[N+]1(C)C2CC(OC(=O)C(O)(c3cccs3)c3cccs3)CC1C1OC12.O=C(O)CCC(=O)O. The highest BCUT2D eigenvalue weighted by atomic mass is 32.1. The normalized spacial score (nSPS) is 28.3. The highest BCUT2D eigenvalue weighted by Crippen LogP contribution is 2.52. The Morgan fingerprint density at radius 2 is 1.47 bits per heavy atom. The van der Waals surface area contributed by atoms with Gasteiger partial charge in [-0.25, -0.2) is 4.79 Å². The number of aliphatic carboxylic acids is 2. The maximum Gasteiger partial charge on any atom is 0.349 e. The maximum absolute atomic E-state index is 13.1. The molecule has 2 aromatic rings. The lowest BCUT2D eigenvalue weighted by Gasteiger charge is -2.45. The Labute approximate surface area is 204 Å². The Morgan fingerprint density at radius 1 is 1.00 bits per heavy atom. The molecular formula is C23H28NO8S2+. The highest BCUT2D eigenvalue weighted by Gasteiger charge is 2.71. The van der Waals surface area contributed by atoms with Gasteiger partial charge in [-0.3, -0.25) is 9.59 Å². The van der Waals surface area contributed by atoms with E-state index in [0.717, 1.165) is 17.3 Å². The third kappa shape index (κ3) is 4.63. The van der Waals surface area contributed by atoms with Crippen molar-refractivity contribution in [2.45, 2.75) is 61.7 Å². The molecule has 0 spiro atoms. The molecule has 34 heavy (non-hydrogen) atoms. The molecular weight excluding hydrogens is 482 g/mol. The minimum Gasteiger partial charge on any atom is -0.481 e. The topological polar surface area (TPSA) is 134 Å². The van der Waals surface area contributed by atoms with Crippen molar-refractivity contribution in [2.75, 3.05) is 14.1 Å². The average Bonchev–Trinajstić information content (AvgIpc) is 3.11. The number of likely N-dealkylation sites (N-methyl/N-ethyl adjacent to an activating group) is 1. The van der Waals surface area contributed by atoms with E-state index in [1.807, 2.05) is 22.9 Å². The molecule has 0 saturated carbocycles. The van der Waals surface area contributed by atoms with Gasteiger partial charge in [0.05, 0.1) is 36.7 Å². The number of fused-ring (bicyclic) bond motifs is 5. The molecule has 3 N–H and O–H groups in total. The monoisotopic (exact) mass is 510 g/mol. The second-order valence-electron chi connectivity index (χ2n) is 9.28. The lowest BCUT2D eigenvalue weighted by Crippen LogP contribution is -2.60. The van der Waals surface area contributed by atoms with Crippen LogP contribution in [0.2, 0.25) is 0 Å². The van der Waals surface area contributed by atoms with E-state index < -0.39 is 23.5 Å². The Balaban J connectivity index is 0.000000297. The van der Waals surface area contributed by atoms with E-state index in [4.69, 9.17) is 19.7 Å².